The molecule has 8 rings (SSSR count). The Bertz CT molecular complexity index is 2560. The van der Waals surface area contributed by atoms with E-state index in [1.807, 2.05) is 42.5 Å². The molecule has 6 aromatic rings. The normalized spacial score (nSPS) is 16.1. The summed E-state index contributed by atoms with van der Waals surface area (Å²) >= 11 is 1.27. The summed E-state index contributed by atoms with van der Waals surface area (Å²) in [4.78, 5) is 30.4. The van der Waals surface area contributed by atoms with Crippen LogP contribution in [-0.2, 0) is 16.4 Å². The van der Waals surface area contributed by atoms with Crippen LogP contribution < -0.4 is 14.9 Å². The Kier molecular flexibility index (Phi) is 6.48. The first-order valence-corrected chi connectivity index (χ1v) is 16.8. The van der Waals surface area contributed by atoms with Gasteiger partial charge in [-0.15, -0.1) is 0 Å². The standard InChI is InChI=1S/C35H24N4O5S2/c40-34-31(19-24-21-37(30-16-7-6-14-27(24)30)46(43,44)26-13-8-12-25(20-26)39(41)42)45-35-36-32-28-15-5-4-9-22(28)17-18-29(32)33(38(34)35)23-10-2-1-3-11-23/h1-16,19-21,33H,17-18H2/b31-19+/t33-/m1/s1. The number of thiazole rings is 1. The summed E-state index contributed by atoms with van der Waals surface area (Å²) in [5.74, 6) is 0. The third-order valence-electron chi connectivity index (χ3n) is 8.57. The molecule has 1 atom stereocenters. The first-order chi connectivity index (χ1) is 22.3. The Balaban J connectivity index is 1.33. The van der Waals surface area contributed by atoms with Crippen LogP contribution in [0.3, 0.4) is 0 Å². The van der Waals surface area contributed by atoms with Crippen LogP contribution >= 0.6 is 11.3 Å². The van der Waals surface area contributed by atoms with Gasteiger partial charge in [-0.05, 0) is 47.8 Å². The van der Waals surface area contributed by atoms with E-state index < -0.39 is 14.9 Å². The summed E-state index contributed by atoms with van der Waals surface area (Å²) < 4.78 is 30.9. The predicted octanol–water partition coefficient (Wildman–Crippen LogP) is 5.42. The first-order valence-electron chi connectivity index (χ1n) is 14.6. The predicted molar refractivity (Wildman–Crippen MR) is 177 cm³/mol. The summed E-state index contributed by atoms with van der Waals surface area (Å²) in [6.45, 7) is 0. The van der Waals surface area contributed by atoms with Crippen molar-refractivity contribution in [2.24, 2.45) is 4.99 Å². The van der Waals surface area contributed by atoms with E-state index in [-0.39, 0.29) is 22.2 Å². The van der Waals surface area contributed by atoms with Gasteiger partial charge in [0.25, 0.3) is 21.3 Å². The van der Waals surface area contributed by atoms with E-state index in [2.05, 4.69) is 12.1 Å². The summed E-state index contributed by atoms with van der Waals surface area (Å²) in [5.41, 5.74) is 5.70. The molecule has 11 heteroatoms. The highest BCUT2D eigenvalue weighted by atomic mass is 32.2. The number of para-hydroxylation sites is 1. The molecule has 46 heavy (non-hydrogen) atoms. The average molecular weight is 645 g/mol. The smallest absolute Gasteiger partial charge is 0.271 e. The van der Waals surface area contributed by atoms with Gasteiger partial charge in [0, 0.05) is 34.8 Å². The topological polar surface area (TPSA) is 117 Å². The molecule has 0 saturated carbocycles. The number of allylic oxidation sites excluding steroid dienone is 1. The zero-order valence-corrected chi connectivity index (χ0v) is 25.7. The Morgan fingerprint density at radius 1 is 0.913 bits per heavy atom. The fourth-order valence-electron chi connectivity index (χ4n) is 6.46. The quantitative estimate of drug-likeness (QED) is 0.184. The number of hydrogen-bond donors (Lipinski definition) is 0. The van der Waals surface area contributed by atoms with E-state index in [4.69, 9.17) is 4.99 Å². The van der Waals surface area contributed by atoms with E-state index in [9.17, 15) is 23.3 Å². The van der Waals surface area contributed by atoms with Crippen molar-refractivity contribution in [3.05, 3.63) is 167 Å². The van der Waals surface area contributed by atoms with Gasteiger partial charge in [0.15, 0.2) is 4.80 Å². The van der Waals surface area contributed by atoms with Gasteiger partial charge in [0.1, 0.15) is 0 Å². The van der Waals surface area contributed by atoms with E-state index in [1.54, 1.807) is 34.9 Å². The summed E-state index contributed by atoms with van der Waals surface area (Å²) in [5, 5.41) is 12.0. The van der Waals surface area contributed by atoms with E-state index >= 15 is 0 Å². The minimum atomic E-state index is -4.21. The van der Waals surface area contributed by atoms with Gasteiger partial charge in [0.2, 0.25) is 0 Å². The van der Waals surface area contributed by atoms with Crippen molar-refractivity contribution in [1.29, 1.82) is 0 Å². The van der Waals surface area contributed by atoms with Crippen LogP contribution in [0.5, 0.6) is 0 Å². The number of aromatic nitrogens is 2. The van der Waals surface area contributed by atoms with Crippen molar-refractivity contribution in [3.8, 4) is 0 Å². The number of aryl methyl sites for hydroxylation is 1. The lowest BCUT2D eigenvalue weighted by atomic mass is 9.83. The van der Waals surface area contributed by atoms with Gasteiger partial charge in [0.05, 0.1) is 31.6 Å². The summed E-state index contributed by atoms with van der Waals surface area (Å²) in [6, 6.07) is 29.8. The number of fused-ring (bicyclic) bond motifs is 4. The number of hydrogen-bond acceptors (Lipinski definition) is 7. The minimum absolute atomic E-state index is 0.206. The van der Waals surface area contributed by atoms with Gasteiger partial charge < -0.3 is 0 Å². The maximum Gasteiger partial charge on any atom is 0.271 e. The monoisotopic (exact) mass is 644 g/mol. The van der Waals surface area contributed by atoms with Crippen LogP contribution in [0.1, 0.15) is 34.7 Å². The Hall–Kier alpha value is -5.39. The van der Waals surface area contributed by atoms with Crippen molar-refractivity contribution >= 4 is 49.7 Å². The lowest BCUT2D eigenvalue weighted by Gasteiger charge is -2.30. The second-order valence-electron chi connectivity index (χ2n) is 11.2. The SMILES string of the molecule is O=c1/c(=C\c2cn(S(=O)(=O)c3cccc([N+](=O)[O-])c3)c3ccccc23)sc2n1[C@H](c1ccccc1)C1=C(N=2)c2ccccc2CC1. The van der Waals surface area contributed by atoms with Crippen LogP contribution in [0.25, 0.3) is 22.7 Å². The fraction of sp³-hybridized carbons (Fsp3) is 0.0857. The zero-order valence-electron chi connectivity index (χ0n) is 24.1. The molecule has 0 amide bonds. The molecule has 0 radical (unpaired) electrons. The molecule has 0 saturated heterocycles. The van der Waals surface area contributed by atoms with Crippen molar-refractivity contribution in [1.82, 2.24) is 8.54 Å². The molecule has 0 spiro atoms. The van der Waals surface area contributed by atoms with Crippen LogP contribution in [0.2, 0.25) is 0 Å². The molecule has 0 fully saturated rings. The van der Waals surface area contributed by atoms with Crippen molar-refractivity contribution in [3.63, 3.8) is 0 Å². The third kappa shape index (κ3) is 4.38. The Morgan fingerprint density at radius 3 is 2.50 bits per heavy atom. The molecule has 0 N–H and O–H groups in total. The zero-order chi connectivity index (χ0) is 31.6. The van der Waals surface area contributed by atoms with Crippen LogP contribution in [-0.4, -0.2) is 21.9 Å². The average Bonchev–Trinajstić information content (AvgIpc) is 3.61. The van der Waals surface area contributed by atoms with Gasteiger partial charge in [-0.25, -0.2) is 17.4 Å². The third-order valence-corrected chi connectivity index (χ3v) is 11.2. The highest BCUT2D eigenvalue weighted by Gasteiger charge is 2.32. The molecule has 3 heterocycles. The second kappa shape index (κ2) is 10.6. The lowest BCUT2D eigenvalue weighted by molar-refractivity contribution is -0.385. The number of benzene rings is 4. The Labute approximate surface area is 266 Å². The molecule has 1 aliphatic heterocycles. The Morgan fingerprint density at radius 2 is 1.67 bits per heavy atom. The number of nitrogens with zero attached hydrogens (tertiary/aromatic N) is 4. The number of nitro groups is 1. The van der Waals surface area contributed by atoms with Crippen molar-refractivity contribution in [2.45, 2.75) is 23.8 Å². The number of non-ortho nitro benzene ring substituents is 1. The van der Waals surface area contributed by atoms with E-state index in [0.29, 0.717) is 25.8 Å². The maximum absolute atomic E-state index is 14.3. The minimum Gasteiger partial charge on any atom is -0.272 e. The lowest BCUT2D eigenvalue weighted by Crippen LogP contribution is -2.38. The molecule has 4 aromatic carbocycles. The summed E-state index contributed by atoms with van der Waals surface area (Å²) in [6.07, 6.45) is 4.82. The van der Waals surface area contributed by atoms with Crippen LogP contribution in [0.4, 0.5) is 5.69 Å². The fourth-order valence-corrected chi connectivity index (χ4v) is 8.87. The molecule has 9 nitrogen and oxygen atoms in total. The summed E-state index contributed by atoms with van der Waals surface area (Å²) in [7, 11) is -4.21. The van der Waals surface area contributed by atoms with Gasteiger partial charge >= 0.3 is 0 Å². The highest BCUT2D eigenvalue weighted by Crippen LogP contribution is 2.41. The van der Waals surface area contributed by atoms with Gasteiger partial charge in [-0.3, -0.25) is 19.5 Å². The second-order valence-corrected chi connectivity index (χ2v) is 14.0. The molecule has 0 unspecified atom stereocenters. The van der Waals surface area contributed by atoms with Gasteiger partial charge in [-0.1, -0.05) is 90.2 Å². The van der Waals surface area contributed by atoms with Gasteiger partial charge in [-0.2, -0.15) is 0 Å². The highest BCUT2D eigenvalue weighted by molar-refractivity contribution is 7.90. The van der Waals surface area contributed by atoms with Crippen LogP contribution in [0, 0.1) is 10.1 Å². The molecule has 1 aliphatic carbocycles. The number of rotatable bonds is 5. The number of nitro benzene ring substituents is 1. The largest absolute Gasteiger partial charge is 0.272 e. The maximum atomic E-state index is 14.3. The molecule has 2 aliphatic rings. The van der Waals surface area contributed by atoms with Crippen molar-refractivity contribution in [2.75, 3.05) is 0 Å². The van der Waals surface area contributed by atoms with E-state index in [1.165, 1.54) is 41.3 Å². The molecular formula is C35H24N4O5S2. The van der Waals surface area contributed by atoms with E-state index in [0.717, 1.165) is 45.3 Å². The first kappa shape index (κ1) is 28.1. The molecule has 226 valence electrons. The molecule has 2 aromatic heterocycles. The van der Waals surface area contributed by atoms with Crippen LogP contribution in [0.15, 0.2) is 130 Å². The molecule has 0 bridgehead atoms. The molecular weight excluding hydrogens is 621 g/mol. The van der Waals surface area contributed by atoms with Crippen molar-refractivity contribution < 1.29 is 13.3 Å².